The van der Waals surface area contributed by atoms with E-state index in [0.717, 1.165) is 0 Å². The number of nitrogens with one attached hydrogen (secondary N) is 2. The van der Waals surface area contributed by atoms with Crippen LogP contribution in [0.25, 0.3) is 0 Å². The van der Waals surface area contributed by atoms with E-state index in [1.807, 2.05) is 18.7 Å². The summed E-state index contributed by atoms with van der Waals surface area (Å²) in [6.45, 7) is 5.34. The average molecular weight is 683 g/mol. The third kappa shape index (κ3) is 12.6. The molecule has 2 saturated heterocycles. The van der Waals surface area contributed by atoms with Crippen LogP contribution in [-0.2, 0) is 47.8 Å². The summed E-state index contributed by atoms with van der Waals surface area (Å²) in [5.41, 5.74) is 5.73. The molecule has 0 aromatic carbocycles. The predicted molar refractivity (Wildman–Crippen MR) is 167 cm³/mol. The highest BCUT2D eigenvalue weighted by Crippen LogP contribution is 2.34. The van der Waals surface area contributed by atoms with Crippen molar-refractivity contribution in [2.45, 2.75) is 78.1 Å². The second-order valence-electron chi connectivity index (χ2n) is 12.4. The van der Waals surface area contributed by atoms with Crippen molar-refractivity contribution < 1.29 is 58.0 Å². The molecule has 0 saturated carbocycles. The summed E-state index contributed by atoms with van der Waals surface area (Å²) in [6, 6.07) is 0. The number of esters is 4. The number of carbonyl (C=O) groups is 8. The number of rotatable bonds is 24. The van der Waals surface area contributed by atoms with Gasteiger partial charge in [-0.05, 0) is 38.5 Å². The molecule has 2 aliphatic heterocycles. The van der Waals surface area contributed by atoms with Gasteiger partial charge in [0, 0.05) is 51.1 Å². The lowest BCUT2D eigenvalue weighted by molar-refractivity contribution is -0.155. The molecule has 270 valence electrons. The van der Waals surface area contributed by atoms with Crippen LogP contribution in [0.3, 0.4) is 0 Å². The average Bonchev–Trinajstić information content (AvgIpc) is 3.44. The minimum atomic E-state index is -1.18. The molecular formula is C32H50N4O12. The Bertz CT molecular complexity index is 1090. The van der Waals surface area contributed by atoms with Gasteiger partial charge in [0.25, 0.3) is 0 Å². The van der Waals surface area contributed by atoms with Crippen LogP contribution in [0, 0.1) is 35.5 Å². The number of cyclic esters (lactones) is 4. The topological polar surface area (TPSA) is 249 Å². The number of amides is 2. The Morgan fingerprint density at radius 2 is 1.02 bits per heavy atom. The van der Waals surface area contributed by atoms with Crippen LogP contribution in [-0.4, -0.2) is 102 Å². The summed E-state index contributed by atoms with van der Waals surface area (Å²) in [7, 11) is 0. The lowest BCUT2D eigenvalue weighted by Gasteiger charge is -2.24. The zero-order valence-corrected chi connectivity index (χ0v) is 27.8. The van der Waals surface area contributed by atoms with Gasteiger partial charge < -0.3 is 36.1 Å². The van der Waals surface area contributed by atoms with E-state index in [4.69, 9.17) is 15.2 Å². The van der Waals surface area contributed by atoms with Crippen LogP contribution in [0.5, 0.6) is 0 Å². The standard InChI is InChI=1S/C32H50N4O12/c1-3-5-21-23(31(45)47-29(21)43)9-7-19(17-25(37)38)27(41)34-12-15-36(14-11-33)16-13-35-28(42)20(18-26(39)40)8-10-24-22(6-4-2)30(44)48-32(24)46/h19-24H,3-18,33H2,1-2H3,(H,34,41)(H,35,42)(H,37,38)(H,39,40). The molecular weight excluding hydrogens is 632 g/mol. The van der Waals surface area contributed by atoms with Crippen molar-refractivity contribution in [3.05, 3.63) is 0 Å². The Hall–Kier alpha value is -3.92. The molecule has 2 amide bonds. The summed E-state index contributed by atoms with van der Waals surface area (Å²) >= 11 is 0. The number of hydrogen-bond donors (Lipinski definition) is 5. The molecule has 0 spiro atoms. The Balaban J connectivity index is 1.88. The van der Waals surface area contributed by atoms with Crippen molar-refractivity contribution in [2.75, 3.05) is 39.3 Å². The third-order valence-electron chi connectivity index (χ3n) is 8.92. The molecule has 0 radical (unpaired) electrons. The van der Waals surface area contributed by atoms with E-state index in [1.54, 1.807) is 0 Å². The monoisotopic (exact) mass is 682 g/mol. The summed E-state index contributed by atoms with van der Waals surface area (Å²) < 4.78 is 9.53. The van der Waals surface area contributed by atoms with Gasteiger partial charge in [-0.1, -0.05) is 26.7 Å². The zero-order valence-electron chi connectivity index (χ0n) is 27.8. The van der Waals surface area contributed by atoms with Crippen LogP contribution in [0.1, 0.15) is 78.1 Å². The number of carbonyl (C=O) groups excluding carboxylic acids is 6. The van der Waals surface area contributed by atoms with Gasteiger partial charge >= 0.3 is 35.8 Å². The van der Waals surface area contributed by atoms with Crippen LogP contribution >= 0.6 is 0 Å². The minimum Gasteiger partial charge on any atom is -0.481 e. The molecule has 16 nitrogen and oxygen atoms in total. The molecule has 2 heterocycles. The van der Waals surface area contributed by atoms with E-state index in [-0.39, 0.29) is 45.3 Å². The fourth-order valence-electron chi connectivity index (χ4n) is 6.37. The number of nitrogens with zero attached hydrogens (tertiary/aromatic N) is 1. The zero-order chi connectivity index (χ0) is 35.8. The van der Waals surface area contributed by atoms with E-state index < -0.39 is 96.0 Å². The third-order valence-corrected chi connectivity index (χ3v) is 8.92. The van der Waals surface area contributed by atoms with E-state index in [0.29, 0.717) is 45.3 Å². The molecule has 16 heteroatoms. The summed E-state index contributed by atoms with van der Waals surface area (Å²) in [6.07, 6.45) is 1.79. The number of carboxylic acid groups (broad SMARTS) is 2. The quantitative estimate of drug-likeness (QED) is 0.0685. The van der Waals surface area contributed by atoms with Crippen molar-refractivity contribution in [3.63, 3.8) is 0 Å². The number of hydrogen-bond acceptors (Lipinski definition) is 12. The van der Waals surface area contributed by atoms with Crippen LogP contribution in [0.15, 0.2) is 0 Å². The largest absolute Gasteiger partial charge is 0.481 e. The Morgan fingerprint density at radius 1 is 0.667 bits per heavy atom. The molecule has 2 rings (SSSR count). The normalized spacial score (nSPS) is 21.9. The maximum atomic E-state index is 12.9. The smallest absolute Gasteiger partial charge is 0.317 e. The fourth-order valence-corrected chi connectivity index (χ4v) is 6.37. The van der Waals surface area contributed by atoms with Crippen LogP contribution in [0.4, 0.5) is 0 Å². The van der Waals surface area contributed by atoms with Gasteiger partial charge in [-0.2, -0.15) is 0 Å². The molecule has 0 bridgehead atoms. The van der Waals surface area contributed by atoms with Gasteiger partial charge in [-0.25, -0.2) is 0 Å². The summed E-state index contributed by atoms with van der Waals surface area (Å²) in [5, 5.41) is 24.2. The lowest BCUT2D eigenvalue weighted by atomic mass is 9.84. The second kappa shape index (κ2) is 20.4. The van der Waals surface area contributed by atoms with Gasteiger partial charge in [-0.3, -0.25) is 43.3 Å². The first-order valence-electron chi connectivity index (χ1n) is 16.7. The van der Waals surface area contributed by atoms with Crippen molar-refractivity contribution in [1.82, 2.24) is 15.5 Å². The molecule has 6 unspecified atom stereocenters. The number of nitrogens with two attached hydrogens (primary N) is 1. The van der Waals surface area contributed by atoms with Crippen molar-refractivity contribution in [2.24, 2.45) is 41.2 Å². The molecule has 48 heavy (non-hydrogen) atoms. The highest BCUT2D eigenvalue weighted by molar-refractivity contribution is 5.97. The Labute approximate surface area is 279 Å². The first-order chi connectivity index (χ1) is 22.8. The van der Waals surface area contributed by atoms with Gasteiger partial charge in [0.05, 0.1) is 36.5 Å². The Morgan fingerprint density at radius 3 is 1.33 bits per heavy atom. The SMILES string of the molecule is CCCC1C(=O)OC(=O)C1CCC(CC(=O)O)C(=O)NCCN(CCN)CCNC(=O)C(CCC1C(=O)OC(=O)C1CCC)CC(=O)O. The minimum absolute atomic E-state index is 0.0823. The van der Waals surface area contributed by atoms with Gasteiger partial charge in [0.15, 0.2) is 0 Å². The Kier molecular flexibility index (Phi) is 17.1. The highest BCUT2D eigenvalue weighted by atomic mass is 16.6. The molecule has 2 aliphatic rings. The van der Waals surface area contributed by atoms with Gasteiger partial charge in [0.1, 0.15) is 0 Å². The fraction of sp³-hybridized carbons (Fsp3) is 0.750. The maximum Gasteiger partial charge on any atom is 0.317 e. The van der Waals surface area contributed by atoms with Crippen LogP contribution < -0.4 is 16.4 Å². The van der Waals surface area contributed by atoms with Gasteiger partial charge in [0.2, 0.25) is 11.8 Å². The predicted octanol–water partition coefficient (Wildman–Crippen LogP) is 0.454. The molecule has 6 atom stereocenters. The van der Waals surface area contributed by atoms with Crippen LogP contribution in [0.2, 0.25) is 0 Å². The van der Waals surface area contributed by atoms with E-state index in [1.165, 1.54) is 0 Å². The molecule has 0 aliphatic carbocycles. The number of aliphatic carboxylic acids is 2. The van der Waals surface area contributed by atoms with E-state index >= 15 is 0 Å². The van der Waals surface area contributed by atoms with E-state index in [9.17, 15) is 48.6 Å². The number of ether oxygens (including phenoxy) is 2. The second-order valence-corrected chi connectivity index (χ2v) is 12.4. The van der Waals surface area contributed by atoms with Crippen molar-refractivity contribution in [3.8, 4) is 0 Å². The molecule has 6 N–H and O–H groups in total. The summed E-state index contributed by atoms with van der Waals surface area (Å²) in [5.74, 6) is -10.3. The van der Waals surface area contributed by atoms with E-state index in [2.05, 4.69) is 10.6 Å². The maximum absolute atomic E-state index is 12.9. The number of carboxylic acids is 2. The lowest BCUT2D eigenvalue weighted by Crippen LogP contribution is -2.43. The first-order valence-corrected chi connectivity index (χ1v) is 16.7. The first kappa shape index (κ1) is 40.3. The van der Waals surface area contributed by atoms with Crippen molar-refractivity contribution >= 4 is 47.6 Å². The highest BCUT2D eigenvalue weighted by Gasteiger charge is 2.44. The summed E-state index contributed by atoms with van der Waals surface area (Å²) in [4.78, 5) is 99.1. The molecule has 0 aromatic rings. The van der Waals surface area contributed by atoms with Gasteiger partial charge in [-0.15, -0.1) is 0 Å². The van der Waals surface area contributed by atoms with Crippen molar-refractivity contribution in [1.29, 1.82) is 0 Å². The molecule has 2 fully saturated rings. The molecule has 0 aromatic heterocycles.